The van der Waals surface area contributed by atoms with Crippen LogP contribution in [0.25, 0.3) is 0 Å². The number of benzene rings is 1. The highest BCUT2D eigenvalue weighted by Crippen LogP contribution is 2.23. The number of amides is 1. The molecule has 0 bridgehead atoms. The maximum absolute atomic E-state index is 12.4. The molecule has 0 aliphatic heterocycles. The zero-order valence-electron chi connectivity index (χ0n) is 17.3. The van der Waals surface area contributed by atoms with Gasteiger partial charge in [0.1, 0.15) is 17.4 Å². The molecule has 1 amide bonds. The van der Waals surface area contributed by atoms with Gasteiger partial charge in [-0.3, -0.25) is 9.59 Å². The number of carboxylic acid groups (broad SMARTS) is 2. The van der Waals surface area contributed by atoms with Crippen LogP contribution in [-0.4, -0.2) is 78.9 Å². The Hall–Kier alpha value is -2.73. The van der Waals surface area contributed by atoms with Crippen LogP contribution < -0.4 is 11.1 Å². The molecule has 11 heteroatoms. The number of aliphatic hydroxyl groups excluding tert-OH is 3. The highest BCUT2D eigenvalue weighted by Gasteiger charge is 2.33. The average molecular weight is 442 g/mol. The van der Waals surface area contributed by atoms with Crippen molar-refractivity contribution in [2.75, 3.05) is 0 Å². The Balaban J connectivity index is 2.98. The average Bonchev–Trinajstić information content (AvgIpc) is 2.64. The number of carbonyl (C=O) groups excluding carboxylic acids is 1. The zero-order chi connectivity index (χ0) is 23.9. The van der Waals surface area contributed by atoms with Crippen LogP contribution in [0, 0.1) is 5.92 Å². The number of nitrogens with two attached hydrogens (primary N) is 1. The second kappa shape index (κ2) is 11.6. The summed E-state index contributed by atoms with van der Waals surface area (Å²) in [5.41, 5.74) is 5.27. The Bertz CT molecular complexity index is 784. The highest BCUT2D eigenvalue weighted by atomic mass is 16.4. The summed E-state index contributed by atoms with van der Waals surface area (Å²) in [6.45, 7) is 3.63. The number of hydrogen-bond donors (Lipinski definition) is 8. The van der Waals surface area contributed by atoms with E-state index in [2.05, 4.69) is 5.32 Å². The molecule has 0 aliphatic carbocycles. The Kier molecular flexibility index (Phi) is 9.85. The van der Waals surface area contributed by atoms with Crippen LogP contribution in [0.2, 0.25) is 0 Å². The van der Waals surface area contributed by atoms with Gasteiger partial charge >= 0.3 is 11.9 Å². The van der Waals surface area contributed by atoms with Gasteiger partial charge in [-0.05, 0) is 24.0 Å². The van der Waals surface area contributed by atoms with Crippen LogP contribution in [0.4, 0.5) is 0 Å². The number of aliphatic hydroxyl groups is 3. The maximum atomic E-state index is 12.4. The van der Waals surface area contributed by atoms with E-state index in [1.54, 1.807) is 0 Å². The molecule has 0 fully saturated rings. The molecule has 0 radical (unpaired) electrons. The molecular weight excluding hydrogens is 412 g/mol. The quantitative estimate of drug-likeness (QED) is 0.199. The molecule has 0 saturated heterocycles. The fourth-order valence-corrected chi connectivity index (χ4v) is 3.17. The molecule has 0 spiro atoms. The molecule has 1 rings (SSSR count). The molecule has 1 aromatic carbocycles. The van der Waals surface area contributed by atoms with Gasteiger partial charge < -0.3 is 41.7 Å². The van der Waals surface area contributed by atoms with Gasteiger partial charge in [0.2, 0.25) is 0 Å². The summed E-state index contributed by atoms with van der Waals surface area (Å²) in [5.74, 6) is -4.23. The van der Waals surface area contributed by atoms with Gasteiger partial charge in [0, 0.05) is 12.5 Å². The summed E-state index contributed by atoms with van der Waals surface area (Å²) >= 11 is 0. The summed E-state index contributed by atoms with van der Waals surface area (Å²) in [5, 5.41) is 60.9. The number of aliphatic carboxylic acids is 1. The smallest absolute Gasteiger partial charge is 0.339 e. The van der Waals surface area contributed by atoms with Crippen molar-refractivity contribution in [2.45, 2.75) is 63.5 Å². The predicted molar refractivity (Wildman–Crippen MR) is 108 cm³/mol. The Morgan fingerprint density at radius 3 is 2.23 bits per heavy atom. The first-order chi connectivity index (χ1) is 14.3. The Morgan fingerprint density at radius 2 is 1.71 bits per heavy atom. The molecule has 0 aromatic heterocycles. The van der Waals surface area contributed by atoms with Gasteiger partial charge in [0.25, 0.3) is 5.91 Å². The van der Waals surface area contributed by atoms with E-state index >= 15 is 0 Å². The lowest BCUT2D eigenvalue weighted by Gasteiger charge is -2.29. The van der Waals surface area contributed by atoms with Crippen molar-refractivity contribution in [1.82, 2.24) is 5.32 Å². The first-order valence-electron chi connectivity index (χ1n) is 9.71. The molecule has 0 unspecified atom stereocenters. The van der Waals surface area contributed by atoms with Crippen molar-refractivity contribution in [1.29, 1.82) is 0 Å². The third-order valence-electron chi connectivity index (χ3n) is 4.73. The van der Waals surface area contributed by atoms with Crippen LogP contribution in [0.15, 0.2) is 18.2 Å². The second-order valence-electron chi connectivity index (χ2n) is 7.83. The monoisotopic (exact) mass is 442 g/mol. The van der Waals surface area contributed by atoms with Crippen LogP contribution >= 0.6 is 0 Å². The van der Waals surface area contributed by atoms with Crippen molar-refractivity contribution in [3.63, 3.8) is 0 Å². The summed E-state index contributed by atoms with van der Waals surface area (Å²) in [6, 6.07) is 1.71. The standard InChI is InChI=1S/C20H30N2O9/c1-9(2)6-12(22-19(29)18(28)17(27)11(21)8-15(25)26)14(24)7-10-4-3-5-13(23)16(10)20(30)31/h3-5,9,11-12,14,17-18,23-24,27-28H,6-8,21H2,1-2H3,(H,22,29)(H,25,26)(H,30,31)/t11-,12-,14-,17-,18-/m0/s1. The summed E-state index contributed by atoms with van der Waals surface area (Å²) in [7, 11) is 0. The van der Waals surface area contributed by atoms with E-state index in [-0.39, 0.29) is 29.9 Å². The number of aromatic carboxylic acids is 1. The number of nitrogens with one attached hydrogen (secondary N) is 1. The topological polar surface area (TPSA) is 211 Å². The van der Waals surface area contributed by atoms with Gasteiger partial charge in [-0.25, -0.2) is 4.79 Å². The van der Waals surface area contributed by atoms with Gasteiger partial charge in [-0.15, -0.1) is 0 Å². The number of rotatable bonds is 12. The minimum Gasteiger partial charge on any atom is -0.507 e. The second-order valence-corrected chi connectivity index (χ2v) is 7.83. The van der Waals surface area contributed by atoms with Crippen molar-refractivity contribution in [3.8, 4) is 5.75 Å². The molecule has 9 N–H and O–H groups in total. The predicted octanol–water partition coefficient (Wildman–Crippen LogP) is -0.951. The fraction of sp³-hybridized carbons (Fsp3) is 0.550. The largest absolute Gasteiger partial charge is 0.507 e. The number of carbonyl (C=O) groups is 3. The number of carboxylic acids is 2. The first-order valence-corrected chi connectivity index (χ1v) is 9.71. The Labute approximate surface area is 179 Å². The van der Waals surface area contributed by atoms with E-state index in [9.17, 15) is 39.9 Å². The minimum absolute atomic E-state index is 0.0144. The van der Waals surface area contributed by atoms with Crippen molar-refractivity contribution < 1.29 is 45.0 Å². The van der Waals surface area contributed by atoms with Gasteiger partial charge in [-0.2, -0.15) is 0 Å². The summed E-state index contributed by atoms with van der Waals surface area (Å²) < 4.78 is 0. The highest BCUT2D eigenvalue weighted by molar-refractivity contribution is 5.92. The maximum Gasteiger partial charge on any atom is 0.339 e. The normalized spacial score (nSPS) is 16.2. The molecule has 31 heavy (non-hydrogen) atoms. The van der Waals surface area contributed by atoms with E-state index in [0.717, 1.165) is 0 Å². The van der Waals surface area contributed by atoms with E-state index < -0.39 is 60.4 Å². The number of aromatic hydroxyl groups is 1. The lowest BCUT2D eigenvalue weighted by molar-refractivity contribution is -0.142. The molecule has 174 valence electrons. The molecule has 11 nitrogen and oxygen atoms in total. The lowest BCUT2D eigenvalue weighted by atomic mass is 9.92. The molecular formula is C20H30N2O9. The van der Waals surface area contributed by atoms with Crippen LogP contribution in [-0.2, 0) is 16.0 Å². The van der Waals surface area contributed by atoms with E-state index in [0.29, 0.717) is 0 Å². The van der Waals surface area contributed by atoms with Gasteiger partial charge in [0.15, 0.2) is 6.10 Å². The zero-order valence-corrected chi connectivity index (χ0v) is 17.3. The van der Waals surface area contributed by atoms with E-state index in [1.807, 2.05) is 13.8 Å². The third kappa shape index (κ3) is 7.79. The lowest BCUT2D eigenvalue weighted by Crippen LogP contribution is -2.55. The van der Waals surface area contributed by atoms with Crippen molar-refractivity contribution in [2.24, 2.45) is 11.7 Å². The number of hydrogen-bond acceptors (Lipinski definition) is 8. The van der Waals surface area contributed by atoms with Crippen LogP contribution in [0.5, 0.6) is 5.75 Å². The third-order valence-corrected chi connectivity index (χ3v) is 4.73. The van der Waals surface area contributed by atoms with Crippen molar-refractivity contribution in [3.05, 3.63) is 29.3 Å². The first kappa shape index (κ1) is 26.3. The fourth-order valence-electron chi connectivity index (χ4n) is 3.17. The molecule has 1 aromatic rings. The van der Waals surface area contributed by atoms with Crippen LogP contribution in [0.3, 0.4) is 0 Å². The molecule has 0 saturated carbocycles. The van der Waals surface area contributed by atoms with Crippen molar-refractivity contribution >= 4 is 17.8 Å². The van der Waals surface area contributed by atoms with E-state index in [1.165, 1.54) is 18.2 Å². The Morgan fingerprint density at radius 1 is 1.10 bits per heavy atom. The summed E-state index contributed by atoms with van der Waals surface area (Å²) in [6.07, 6.45) is -5.81. The summed E-state index contributed by atoms with van der Waals surface area (Å²) in [4.78, 5) is 34.5. The molecule has 5 atom stereocenters. The van der Waals surface area contributed by atoms with Gasteiger partial charge in [-0.1, -0.05) is 26.0 Å². The van der Waals surface area contributed by atoms with E-state index in [4.69, 9.17) is 10.8 Å². The number of phenols is 1. The minimum atomic E-state index is -2.04. The molecule has 0 aliphatic rings. The molecule has 0 heterocycles. The van der Waals surface area contributed by atoms with Gasteiger partial charge in [0.05, 0.1) is 18.6 Å². The SMILES string of the molecule is CC(C)C[C@H](NC(=O)[C@@H](O)[C@@H](O)[C@@H](N)CC(=O)O)[C@@H](O)Cc1cccc(O)c1C(=O)O. The van der Waals surface area contributed by atoms with Crippen LogP contribution in [0.1, 0.15) is 42.6 Å².